The molecule has 0 radical (unpaired) electrons. The Labute approximate surface area is 100 Å². The number of rotatable bonds is 4. The maximum Gasteiger partial charge on any atom is 0.311 e. The van der Waals surface area contributed by atoms with E-state index in [2.05, 4.69) is 17.2 Å². The molecule has 2 rings (SSSR count). The third kappa shape index (κ3) is 2.72. The molecule has 5 nitrogen and oxygen atoms in total. The zero-order valence-corrected chi connectivity index (χ0v) is 9.93. The third-order valence-electron chi connectivity index (χ3n) is 3.55. The highest BCUT2D eigenvalue weighted by molar-refractivity contribution is 5.55. The average molecular weight is 235 g/mol. The summed E-state index contributed by atoms with van der Waals surface area (Å²) in [6.07, 6.45) is 5.30. The van der Waals surface area contributed by atoms with Gasteiger partial charge in [-0.15, -0.1) is 0 Å². The van der Waals surface area contributed by atoms with E-state index >= 15 is 0 Å². The molecule has 1 aliphatic rings. The van der Waals surface area contributed by atoms with Crippen molar-refractivity contribution in [2.45, 2.75) is 26.2 Å². The van der Waals surface area contributed by atoms with E-state index in [4.69, 9.17) is 0 Å². The van der Waals surface area contributed by atoms with E-state index in [0.717, 1.165) is 6.54 Å². The fourth-order valence-electron chi connectivity index (χ4n) is 2.43. The second-order valence-corrected chi connectivity index (χ2v) is 4.68. The lowest BCUT2D eigenvalue weighted by molar-refractivity contribution is -0.384. The smallest absolute Gasteiger partial charge is 0.311 e. The number of nitrogens with zero attached hydrogens (tertiary/aromatic N) is 2. The van der Waals surface area contributed by atoms with Gasteiger partial charge in [0.05, 0.1) is 4.92 Å². The first-order valence-electron chi connectivity index (χ1n) is 6.01. The summed E-state index contributed by atoms with van der Waals surface area (Å²) in [5.41, 5.74) is 0.0538. The Morgan fingerprint density at radius 1 is 1.59 bits per heavy atom. The van der Waals surface area contributed by atoms with Crippen molar-refractivity contribution in [3.05, 3.63) is 28.4 Å². The third-order valence-corrected chi connectivity index (χ3v) is 3.55. The largest absolute Gasteiger partial charge is 0.364 e. The van der Waals surface area contributed by atoms with Crippen LogP contribution < -0.4 is 5.32 Å². The maximum atomic E-state index is 10.8. The van der Waals surface area contributed by atoms with E-state index in [9.17, 15) is 10.1 Å². The summed E-state index contributed by atoms with van der Waals surface area (Å²) in [6.45, 7) is 3.02. The standard InChI is InChI=1S/C12H17N3O2/c1-9-4-2-5-10(9)8-14-12-11(15(16)17)6-3-7-13-12/h3,6-7,9-10H,2,4-5,8H2,1H3,(H,13,14). The molecule has 1 heterocycles. The molecule has 0 saturated heterocycles. The molecule has 0 amide bonds. The molecule has 0 spiro atoms. The van der Waals surface area contributed by atoms with Gasteiger partial charge in [0.15, 0.2) is 0 Å². The molecule has 1 aromatic heterocycles. The van der Waals surface area contributed by atoms with Crippen molar-refractivity contribution in [3.63, 3.8) is 0 Å². The van der Waals surface area contributed by atoms with Crippen molar-refractivity contribution in [3.8, 4) is 0 Å². The second kappa shape index (κ2) is 5.12. The van der Waals surface area contributed by atoms with E-state index < -0.39 is 4.92 Å². The fourth-order valence-corrected chi connectivity index (χ4v) is 2.43. The number of anilines is 1. The molecule has 2 unspecified atom stereocenters. The lowest BCUT2D eigenvalue weighted by atomic mass is 9.98. The van der Waals surface area contributed by atoms with Crippen LogP contribution in [-0.2, 0) is 0 Å². The monoisotopic (exact) mass is 235 g/mol. The summed E-state index contributed by atoms with van der Waals surface area (Å²) in [6, 6.07) is 3.06. The van der Waals surface area contributed by atoms with Gasteiger partial charge in [0.1, 0.15) is 0 Å². The van der Waals surface area contributed by atoms with Crippen molar-refractivity contribution in [2.75, 3.05) is 11.9 Å². The predicted octanol–water partition coefficient (Wildman–Crippen LogP) is 2.84. The molecular weight excluding hydrogens is 218 g/mol. The van der Waals surface area contributed by atoms with Gasteiger partial charge in [-0.2, -0.15) is 0 Å². The van der Waals surface area contributed by atoms with Crippen molar-refractivity contribution < 1.29 is 4.92 Å². The van der Waals surface area contributed by atoms with Gasteiger partial charge in [0, 0.05) is 18.8 Å². The maximum absolute atomic E-state index is 10.8. The minimum absolute atomic E-state index is 0.0538. The Morgan fingerprint density at radius 2 is 2.41 bits per heavy atom. The molecule has 1 saturated carbocycles. The Hall–Kier alpha value is -1.65. The van der Waals surface area contributed by atoms with Gasteiger partial charge in [0.2, 0.25) is 5.82 Å². The first kappa shape index (κ1) is 11.8. The second-order valence-electron chi connectivity index (χ2n) is 4.68. The molecule has 1 aliphatic carbocycles. The van der Waals surface area contributed by atoms with Crippen molar-refractivity contribution >= 4 is 11.5 Å². The van der Waals surface area contributed by atoms with E-state index in [0.29, 0.717) is 17.7 Å². The van der Waals surface area contributed by atoms with Crippen LogP contribution in [0.3, 0.4) is 0 Å². The SMILES string of the molecule is CC1CCCC1CNc1ncccc1[N+](=O)[O-]. The number of hydrogen-bond donors (Lipinski definition) is 1. The van der Waals surface area contributed by atoms with Crippen LogP contribution in [0, 0.1) is 22.0 Å². The van der Waals surface area contributed by atoms with Crippen LogP contribution in [0.5, 0.6) is 0 Å². The molecule has 0 bridgehead atoms. The minimum Gasteiger partial charge on any atom is -0.364 e. The highest BCUT2D eigenvalue weighted by Crippen LogP contribution is 2.31. The zero-order chi connectivity index (χ0) is 12.3. The van der Waals surface area contributed by atoms with Gasteiger partial charge >= 0.3 is 5.69 Å². The molecular formula is C12H17N3O2. The normalized spacial score (nSPS) is 23.6. The summed E-state index contributed by atoms with van der Waals surface area (Å²) in [5, 5.41) is 13.9. The quantitative estimate of drug-likeness (QED) is 0.643. The Balaban J connectivity index is 2.01. The minimum atomic E-state index is -0.395. The van der Waals surface area contributed by atoms with Gasteiger partial charge in [-0.05, 0) is 24.3 Å². The number of aromatic nitrogens is 1. The zero-order valence-electron chi connectivity index (χ0n) is 9.93. The molecule has 0 aliphatic heterocycles. The van der Waals surface area contributed by atoms with Crippen LogP contribution in [0.1, 0.15) is 26.2 Å². The number of nitro groups is 1. The topological polar surface area (TPSA) is 68.1 Å². The molecule has 17 heavy (non-hydrogen) atoms. The highest BCUT2D eigenvalue weighted by Gasteiger charge is 2.24. The highest BCUT2D eigenvalue weighted by atomic mass is 16.6. The summed E-state index contributed by atoms with van der Waals surface area (Å²) in [7, 11) is 0. The van der Waals surface area contributed by atoms with Crippen molar-refractivity contribution in [1.29, 1.82) is 0 Å². The summed E-state index contributed by atoms with van der Waals surface area (Å²) < 4.78 is 0. The molecule has 5 heteroatoms. The summed E-state index contributed by atoms with van der Waals surface area (Å²) in [4.78, 5) is 14.4. The van der Waals surface area contributed by atoms with E-state index in [1.54, 1.807) is 12.3 Å². The molecule has 0 aromatic carbocycles. The first-order chi connectivity index (χ1) is 8.18. The lowest BCUT2D eigenvalue weighted by Gasteiger charge is -2.16. The Morgan fingerprint density at radius 3 is 3.06 bits per heavy atom. The summed E-state index contributed by atoms with van der Waals surface area (Å²) >= 11 is 0. The fraction of sp³-hybridized carbons (Fsp3) is 0.583. The van der Waals surface area contributed by atoms with E-state index in [1.807, 2.05) is 0 Å². The van der Waals surface area contributed by atoms with Crippen molar-refractivity contribution in [2.24, 2.45) is 11.8 Å². The molecule has 1 N–H and O–H groups in total. The van der Waals surface area contributed by atoms with Crippen molar-refractivity contribution in [1.82, 2.24) is 4.98 Å². The van der Waals surface area contributed by atoms with E-state index in [-0.39, 0.29) is 5.69 Å². The van der Waals surface area contributed by atoms with Gasteiger partial charge < -0.3 is 5.32 Å². The number of hydrogen-bond acceptors (Lipinski definition) is 4. The van der Waals surface area contributed by atoms with Crippen LogP contribution in [0.15, 0.2) is 18.3 Å². The average Bonchev–Trinajstić information content (AvgIpc) is 2.72. The Kier molecular flexibility index (Phi) is 3.56. The molecule has 92 valence electrons. The molecule has 1 fully saturated rings. The van der Waals surface area contributed by atoms with E-state index in [1.165, 1.54) is 25.3 Å². The van der Waals surface area contributed by atoms with Gasteiger partial charge in [-0.25, -0.2) is 4.98 Å². The lowest BCUT2D eigenvalue weighted by Crippen LogP contribution is -2.17. The van der Waals surface area contributed by atoms with Gasteiger partial charge in [0.25, 0.3) is 0 Å². The number of pyridine rings is 1. The summed E-state index contributed by atoms with van der Waals surface area (Å²) in [5.74, 6) is 1.69. The van der Waals surface area contributed by atoms with Gasteiger partial charge in [-0.1, -0.05) is 19.8 Å². The first-order valence-corrected chi connectivity index (χ1v) is 6.01. The molecule has 2 atom stereocenters. The Bertz CT molecular complexity index is 408. The van der Waals surface area contributed by atoms with Crippen LogP contribution in [0.4, 0.5) is 11.5 Å². The number of nitrogens with one attached hydrogen (secondary N) is 1. The van der Waals surface area contributed by atoms with Crippen LogP contribution in [0.25, 0.3) is 0 Å². The van der Waals surface area contributed by atoms with Crippen LogP contribution >= 0.6 is 0 Å². The van der Waals surface area contributed by atoms with Crippen LogP contribution in [0.2, 0.25) is 0 Å². The predicted molar refractivity (Wildman–Crippen MR) is 65.9 cm³/mol. The van der Waals surface area contributed by atoms with Gasteiger partial charge in [-0.3, -0.25) is 10.1 Å². The molecule has 1 aromatic rings. The van der Waals surface area contributed by atoms with Crippen LogP contribution in [-0.4, -0.2) is 16.5 Å².